The van der Waals surface area contributed by atoms with E-state index in [0.29, 0.717) is 13.0 Å². The van der Waals surface area contributed by atoms with Gasteiger partial charge in [-0.25, -0.2) is 0 Å². The molecule has 0 radical (unpaired) electrons. The van der Waals surface area contributed by atoms with Crippen LogP contribution >= 0.6 is 11.6 Å². The van der Waals surface area contributed by atoms with Gasteiger partial charge < -0.3 is 5.73 Å². The van der Waals surface area contributed by atoms with Crippen LogP contribution in [0.1, 0.15) is 24.9 Å². The number of hydrogen-bond donors (Lipinski definition) is 1. The fourth-order valence-electron chi connectivity index (χ4n) is 1.98. The lowest BCUT2D eigenvalue weighted by molar-refractivity contribution is 0.223. The largest absolute Gasteiger partial charge is 0.326 e. The summed E-state index contributed by atoms with van der Waals surface area (Å²) < 4.78 is 0. The fraction of sp³-hybridized carbons (Fsp3) is 0.462. The molecule has 0 saturated carbocycles. The Morgan fingerprint density at radius 2 is 2.00 bits per heavy atom. The number of nitrogens with two attached hydrogens (primary N) is 1. The molecule has 0 aromatic heterocycles. The van der Waals surface area contributed by atoms with Gasteiger partial charge >= 0.3 is 0 Å². The summed E-state index contributed by atoms with van der Waals surface area (Å²) >= 11 is 5.87. The molecule has 0 saturated heterocycles. The van der Waals surface area contributed by atoms with Crippen molar-refractivity contribution in [1.82, 2.24) is 4.90 Å². The molecule has 0 amide bonds. The minimum atomic E-state index is -0.000122. The van der Waals surface area contributed by atoms with Gasteiger partial charge in [0, 0.05) is 30.1 Å². The molecule has 92 valence electrons. The monoisotopic (exact) mass is 251 g/mol. The first-order valence-corrected chi connectivity index (χ1v) is 6.02. The predicted octanol–water partition coefficient (Wildman–Crippen LogP) is 2.57. The van der Waals surface area contributed by atoms with Crippen molar-refractivity contribution in [2.24, 2.45) is 5.73 Å². The van der Waals surface area contributed by atoms with Crippen LogP contribution in [-0.2, 0) is 0 Å². The standard InChI is InChI=1S/C13H18ClN3/c1-10(16)13(17(2)9-3-8-15)11-4-6-12(14)7-5-11/h4-7,10,13H,3,9,16H2,1-2H3. The number of hydrogen-bond acceptors (Lipinski definition) is 3. The van der Waals surface area contributed by atoms with Gasteiger partial charge in [0.15, 0.2) is 0 Å². The Balaban J connectivity index is 2.85. The Hall–Kier alpha value is -1.08. The SMILES string of the molecule is CC(N)C(c1ccc(Cl)cc1)N(C)CCC#N. The van der Waals surface area contributed by atoms with E-state index in [1.807, 2.05) is 38.2 Å². The van der Waals surface area contributed by atoms with E-state index >= 15 is 0 Å². The summed E-state index contributed by atoms with van der Waals surface area (Å²) in [4.78, 5) is 2.11. The van der Waals surface area contributed by atoms with Gasteiger partial charge in [-0.3, -0.25) is 4.90 Å². The number of likely N-dealkylation sites (N-methyl/N-ethyl adjacent to an activating group) is 1. The van der Waals surface area contributed by atoms with E-state index in [4.69, 9.17) is 22.6 Å². The van der Waals surface area contributed by atoms with Gasteiger partial charge in [0.1, 0.15) is 0 Å². The first-order valence-electron chi connectivity index (χ1n) is 5.64. The molecule has 0 aliphatic rings. The smallest absolute Gasteiger partial charge is 0.0635 e. The molecule has 0 fully saturated rings. The average Bonchev–Trinajstić information content (AvgIpc) is 2.29. The van der Waals surface area contributed by atoms with Crippen molar-refractivity contribution < 1.29 is 0 Å². The zero-order chi connectivity index (χ0) is 12.8. The number of nitrogens with zero attached hydrogens (tertiary/aromatic N) is 2. The minimum absolute atomic E-state index is 0.000122. The Morgan fingerprint density at radius 1 is 1.41 bits per heavy atom. The Labute approximate surface area is 108 Å². The maximum atomic E-state index is 8.62. The number of halogens is 1. The third-order valence-electron chi connectivity index (χ3n) is 2.76. The summed E-state index contributed by atoms with van der Waals surface area (Å²) in [6, 6.07) is 9.96. The Morgan fingerprint density at radius 3 is 2.47 bits per heavy atom. The zero-order valence-electron chi connectivity index (χ0n) is 10.2. The molecule has 3 nitrogen and oxygen atoms in total. The van der Waals surface area contributed by atoms with Crippen LogP contribution in [0.25, 0.3) is 0 Å². The van der Waals surface area contributed by atoms with E-state index in [1.54, 1.807) is 0 Å². The number of rotatable bonds is 5. The fourth-order valence-corrected chi connectivity index (χ4v) is 2.11. The molecule has 0 aliphatic carbocycles. The summed E-state index contributed by atoms with van der Waals surface area (Å²) in [6.07, 6.45) is 0.507. The lowest BCUT2D eigenvalue weighted by atomic mass is 9.99. The highest BCUT2D eigenvalue weighted by Crippen LogP contribution is 2.23. The van der Waals surface area contributed by atoms with Gasteiger partial charge in [0.25, 0.3) is 0 Å². The van der Waals surface area contributed by atoms with E-state index in [9.17, 15) is 0 Å². The lowest BCUT2D eigenvalue weighted by Crippen LogP contribution is -2.37. The van der Waals surface area contributed by atoms with Crippen LogP contribution in [-0.4, -0.2) is 24.5 Å². The molecule has 1 rings (SSSR count). The van der Waals surface area contributed by atoms with Crippen molar-refractivity contribution in [3.8, 4) is 6.07 Å². The van der Waals surface area contributed by atoms with Crippen LogP contribution in [0.2, 0.25) is 5.02 Å². The molecule has 0 spiro atoms. The van der Waals surface area contributed by atoms with Crippen LogP contribution in [0.15, 0.2) is 24.3 Å². The van der Waals surface area contributed by atoms with Crippen molar-refractivity contribution in [1.29, 1.82) is 5.26 Å². The van der Waals surface area contributed by atoms with Crippen LogP contribution in [0, 0.1) is 11.3 Å². The molecule has 2 N–H and O–H groups in total. The lowest BCUT2D eigenvalue weighted by Gasteiger charge is -2.31. The summed E-state index contributed by atoms with van der Waals surface area (Å²) in [5, 5.41) is 9.34. The highest BCUT2D eigenvalue weighted by Gasteiger charge is 2.20. The molecule has 0 heterocycles. The second-order valence-electron chi connectivity index (χ2n) is 4.24. The molecular weight excluding hydrogens is 234 g/mol. The van der Waals surface area contributed by atoms with Crippen LogP contribution < -0.4 is 5.73 Å². The Kier molecular flexibility index (Phi) is 5.43. The summed E-state index contributed by atoms with van der Waals surface area (Å²) in [6.45, 7) is 2.69. The number of benzene rings is 1. The average molecular weight is 252 g/mol. The molecule has 0 bridgehead atoms. The molecular formula is C13H18ClN3. The minimum Gasteiger partial charge on any atom is -0.326 e. The van der Waals surface area contributed by atoms with E-state index in [1.165, 1.54) is 0 Å². The van der Waals surface area contributed by atoms with Crippen LogP contribution in [0.4, 0.5) is 0 Å². The number of nitriles is 1. The van der Waals surface area contributed by atoms with Crippen LogP contribution in [0.3, 0.4) is 0 Å². The van der Waals surface area contributed by atoms with Crippen molar-refractivity contribution >= 4 is 11.6 Å². The van der Waals surface area contributed by atoms with E-state index in [2.05, 4.69) is 11.0 Å². The van der Waals surface area contributed by atoms with E-state index in [-0.39, 0.29) is 12.1 Å². The predicted molar refractivity (Wildman–Crippen MR) is 70.7 cm³/mol. The molecule has 1 aromatic rings. The normalized spacial score (nSPS) is 14.4. The second kappa shape index (κ2) is 6.61. The summed E-state index contributed by atoms with van der Waals surface area (Å²) in [5.41, 5.74) is 7.15. The molecule has 2 unspecified atom stereocenters. The van der Waals surface area contributed by atoms with Gasteiger partial charge in [-0.2, -0.15) is 5.26 Å². The molecule has 4 heteroatoms. The maximum Gasteiger partial charge on any atom is 0.0635 e. The quantitative estimate of drug-likeness (QED) is 0.875. The third-order valence-corrected chi connectivity index (χ3v) is 3.01. The second-order valence-corrected chi connectivity index (χ2v) is 4.68. The first kappa shape index (κ1) is 14.0. The molecule has 17 heavy (non-hydrogen) atoms. The van der Waals surface area contributed by atoms with Gasteiger partial charge in [-0.1, -0.05) is 23.7 Å². The zero-order valence-corrected chi connectivity index (χ0v) is 11.0. The van der Waals surface area contributed by atoms with Crippen molar-refractivity contribution in [2.75, 3.05) is 13.6 Å². The topological polar surface area (TPSA) is 53.0 Å². The van der Waals surface area contributed by atoms with Crippen LogP contribution in [0.5, 0.6) is 0 Å². The van der Waals surface area contributed by atoms with Gasteiger partial charge in [-0.15, -0.1) is 0 Å². The third kappa shape index (κ3) is 4.01. The highest BCUT2D eigenvalue weighted by molar-refractivity contribution is 6.30. The highest BCUT2D eigenvalue weighted by atomic mass is 35.5. The van der Waals surface area contributed by atoms with Gasteiger partial charge in [-0.05, 0) is 31.7 Å². The van der Waals surface area contributed by atoms with Crippen molar-refractivity contribution in [2.45, 2.75) is 25.4 Å². The van der Waals surface area contributed by atoms with Gasteiger partial charge in [0.05, 0.1) is 6.07 Å². The first-order chi connectivity index (χ1) is 8.06. The van der Waals surface area contributed by atoms with Crippen molar-refractivity contribution in [3.63, 3.8) is 0 Å². The maximum absolute atomic E-state index is 8.62. The van der Waals surface area contributed by atoms with E-state index in [0.717, 1.165) is 10.6 Å². The summed E-state index contributed by atoms with van der Waals surface area (Å²) in [5.74, 6) is 0. The van der Waals surface area contributed by atoms with Crippen molar-refractivity contribution in [3.05, 3.63) is 34.9 Å². The molecule has 0 aliphatic heterocycles. The molecule has 1 aromatic carbocycles. The Bertz CT molecular complexity index is 381. The molecule has 2 atom stereocenters. The van der Waals surface area contributed by atoms with Gasteiger partial charge in [0.2, 0.25) is 0 Å². The van der Waals surface area contributed by atoms with E-state index < -0.39 is 0 Å². The summed E-state index contributed by atoms with van der Waals surface area (Å²) in [7, 11) is 1.99.